The number of amides is 1. The molecule has 1 amide bonds. The van der Waals surface area contributed by atoms with Crippen molar-refractivity contribution >= 4 is 5.91 Å². The van der Waals surface area contributed by atoms with Gasteiger partial charge in [0, 0.05) is 25.2 Å². The van der Waals surface area contributed by atoms with E-state index in [-0.39, 0.29) is 11.4 Å². The summed E-state index contributed by atoms with van der Waals surface area (Å²) in [4.78, 5) is 17.1. The van der Waals surface area contributed by atoms with Crippen LogP contribution < -0.4 is 0 Å². The van der Waals surface area contributed by atoms with Crippen molar-refractivity contribution in [3.8, 4) is 0 Å². The lowest BCUT2D eigenvalue weighted by molar-refractivity contribution is -0.155. The fraction of sp³-hybridized carbons (Fsp3) is 0.588. The molecule has 3 heteroatoms. The van der Waals surface area contributed by atoms with Gasteiger partial charge in [-0.25, -0.2) is 0 Å². The number of hydrogen-bond acceptors (Lipinski definition) is 2. The number of benzene rings is 1. The van der Waals surface area contributed by atoms with E-state index in [1.54, 1.807) is 0 Å². The summed E-state index contributed by atoms with van der Waals surface area (Å²) in [7, 11) is 0. The summed E-state index contributed by atoms with van der Waals surface area (Å²) in [6, 6.07) is 10.4. The van der Waals surface area contributed by atoms with Crippen molar-refractivity contribution in [3.05, 3.63) is 35.9 Å². The Balaban J connectivity index is 2.17. The Morgan fingerprint density at radius 3 is 2.25 bits per heavy atom. The van der Waals surface area contributed by atoms with E-state index in [0.29, 0.717) is 0 Å². The molecule has 110 valence electrons. The maximum absolute atomic E-state index is 12.8. The minimum atomic E-state index is -0.443. The van der Waals surface area contributed by atoms with Crippen molar-refractivity contribution in [2.45, 2.75) is 52.2 Å². The summed E-state index contributed by atoms with van der Waals surface area (Å²) in [5.74, 6) is 0.229. The maximum atomic E-state index is 12.8. The van der Waals surface area contributed by atoms with Crippen LogP contribution in [0.5, 0.6) is 0 Å². The summed E-state index contributed by atoms with van der Waals surface area (Å²) in [5.41, 5.74) is 0.715. The van der Waals surface area contributed by atoms with E-state index in [4.69, 9.17) is 0 Å². The lowest BCUT2D eigenvalue weighted by Gasteiger charge is -2.50. The van der Waals surface area contributed by atoms with Gasteiger partial charge in [-0.3, -0.25) is 9.69 Å². The normalized spacial score (nSPS) is 20.2. The molecule has 1 heterocycles. The second-order valence-electron chi connectivity index (χ2n) is 7.09. The molecule has 0 unspecified atom stereocenters. The molecule has 0 saturated carbocycles. The van der Waals surface area contributed by atoms with Gasteiger partial charge in [-0.15, -0.1) is 0 Å². The average molecular weight is 274 g/mol. The molecule has 0 atom stereocenters. The van der Waals surface area contributed by atoms with Gasteiger partial charge in [0.2, 0.25) is 5.91 Å². The Morgan fingerprint density at radius 2 is 1.70 bits per heavy atom. The third-order valence-corrected chi connectivity index (χ3v) is 4.18. The third kappa shape index (κ3) is 2.88. The predicted octanol–water partition coefficient (Wildman–Crippen LogP) is 2.91. The number of carbonyl (C=O) groups is 1. The summed E-state index contributed by atoms with van der Waals surface area (Å²) in [5, 5.41) is 0. The summed E-state index contributed by atoms with van der Waals surface area (Å²) >= 11 is 0. The van der Waals surface area contributed by atoms with E-state index in [1.807, 2.05) is 24.8 Å². The highest BCUT2D eigenvalue weighted by molar-refractivity contribution is 5.86. The summed E-state index contributed by atoms with van der Waals surface area (Å²) < 4.78 is 0. The molecular formula is C17H26N2O. The maximum Gasteiger partial charge on any atom is 0.243 e. The predicted molar refractivity (Wildman–Crippen MR) is 82.4 cm³/mol. The molecule has 1 aromatic carbocycles. The Kier molecular flexibility index (Phi) is 3.92. The van der Waals surface area contributed by atoms with Crippen molar-refractivity contribution in [1.29, 1.82) is 0 Å². The van der Waals surface area contributed by atoms with Gasteiger partial charge in [0.15, 0.2) is 0 Å². The number of nitrogens with zero attached hydrogens (tertiary/aromatic N) is 2. The zero-order valence-electron chi connectivity index (χ0n) is 13.3. The first kappa shape index (κ1) is 15.0. The molecule has 20 heavy (non-hydrogen) atoms. The van der Waals surface area contributed by atoms with E-state index in [1.165, 1.54) is 5.56 Å². The van der Waals surface area contributed by atoms with Gasteiger partial charge in [0.1, 0.15) is 0 Å². The average Bonchev–Trinajstić information content (AvgIpc) is 2.35. The largest absolute Gasteiger partial charge is 0.335 e. The van der Waals surface area contributed by atoms with Crippen LogP contribution in [0.2, 0.25) is 0 Å². The molecule has 2 rings (SSSR count). The molecule has 1 aliphatic heterocycles. The van der Waals surface area contributed by atoms with Crippen molar-refractivity contribution in [1.82, 2.24) is 9.80 Å². The van der Waals surface area contributed by atoms with Gasteiger partial charge in [0.25, 0.3) is 0 Å². The second-order valence-corrected chi connectivity index (χ2v) is 7.09. The Bertz CT molecular complexity index is 474. The number of carbonyl (C=O) groups excluding carboxylic acids is 1. The van der Waals surface area contributed by atoms with E-state index in [2.05, 4.69) is 49.9 Å². The zero-order chi connectivity index (χ0) is 15.0. The Hall–Kier alpha value is -1.35. The highest BCUT2D eigenvalue weighted by Gasteiger charge is 2.44. The molecule has 0 N–H and O–H groups in total. The van der Waals surface area contributed by atoms with Crippen LogP contribution in [0.25, 0.3) is 0 Å². The standard InChI is InChI=1S/C17H26N2O/c1-16(2,3)19-12-11-18(17(4,5)15(19)20)13-14-9-7-6-8-10-14/h6-10H,11-13H2,1-5H3. The fourth-order valence-corrected chi connectivity index (χ4v) is 2.79. The molecule has 1 fully saturated rings. The molecule has 0 aliphatic carbocycles. The molecule has 1 aliphatic rings. The Morgan fingerprint density at radius 1 is 1.10 bits per heavy atom. The monoisotopic (exact) mass is 274 g/mol. The smallest absolute Gasteiger partial charge is 0.243 e. The van der Waals surface area contributed by atoms with Crippen LogP contribution in [0.1, 0.15) is 40.2 Å². The number of piperazine rings is 1. The van der Waals surface area contributed by atoms with Crippen molar-refractivity contribution < 1.29 is 4.79 Å². The molecule has 0 bridgehead atoms. The fourth-order valence-electron chi connectivity index (χ4n) is 2.79. The minimum absolute atomic E-state index is 0.104. The SMILES string of the molecule is CC(C)(C)N1CCN(Cc2ccccc2)C(C)(C)C1=O. The van der Waals surface area contributed by atoms with Crippen molar-refractivity contribution in [2.75, 3.05) is 13.1 Å². The quantitative estimate of drug-likeness (QED) is 0.828. The van der Waals surface area contributed by atoms with Gasteiger partial charge in [-0.2, -0.15) is 0 Å². The van der Waals surface area contributed by atoms with Crippen molar-refractivity contribution in [2.24, 2.45) is 0 Å². The van der Waals surface area contributed by atoms with E-state index < -0.39 is 5.54 Å². The van der Waals surface area contributed by atoms with Crippen LogP contribution in [0, 0.1) is 0 Å². The van der Waals surface area contributed by atoms with Crippen molar-refractivity contribution in [3.63, 3.8) is 0 Å². The highest BCUT2D eigenvalue weighted by atomic mass is 16.2. The van der Waals surface area contributed by atoms with E-state index >= 15 is 0 Å². The van der Waals surface area contributed by atoms with Crippen LogP contribution in [0.15, 0.2) is 30.3 Å². The topological polar surface area (TPSA) is 23.6 Å². The van der Waals surface area contributed by atoms with Gasteiger partial charge in [-0.1, -0.05) is 30.3 Å². The molecule has 1 aromatic rings. The van der Waals surface area contributed by atoms with Crippen LogP contribution >= 0.6 is 0 Å². The van der Waals surface area contributed by atoms with E-state index in [9.17, 15) is 4.79 Å². The van der Waals surface area contributed by atoms with Gasteiger partial charge < -0.3 is 4.90 Å². The van der Waals surface area contributed by atoms with Crippen LogP contribution in [-0.4, -0.2) is 39.9 Å². The molecular weight excluding hydrogens is 248 g/mol. The van der Waals surface area contributed by atoms with Gasteiger partial charge in [0.05, 0.1) is 5.54 Å². The van der Waals surface area contributed by atoms with E-state index in [0.717, 1.165) is 19.6 Å². The highest BCUT2D eigenvalue weighted by Crippen LogP contribution is 2.28. The Labute approximate surface area is 122 Å². The number of rotatable bonds is 2. The van der Waals surface area contributed by atoms with Crippen LogP contribution in [-0.2, 0) is 11.3 Å². The van der Waals surface area contributed by atoms with Crippen LogP contribution in [0.3, 0.4) is 0 Å². The zero-order valence-corrected chi connectivity index (χ0v) is 13.3. The number of hydrogen-bond donors (Lipinski definition) is 0. The lowest BCUT2D eigenvalue weighted by atomic mass is 9.92. The molecule has 0 spiro atoms. The molecule has 3 nitrogen and oxygen atoms in total. The van der Waals surface area contributed by atoms with Gasteiger partial charge in [-0.05, 0) is 40.2 Å². The van der Waals surface area contributed by atoms with Gasteiger partial charge >= 0.3 is 0 Å². The molecule has 0 radical (unpaired) electrons. The first-order chi connectivity index (χ1) is 9.23. The summed E-state index contributed by atoms with van der Waals surface area (Å²) in [6.45, 7) is 12.9. The lowest BCUT2D eigenvalue weighted by Crippen LogP contribution is -2.66. The summed E-state index contributed by atoms with van der Waals surface area (Å²) in [6.07, 6.45) is 0. The third-order valence-electron chi connectivity index (χ3n) is 4.18. The first-order valence-corrected chi connectivity index (χ1v) is 7.34. The minimum Gasteiger partial charge on any atom is -0.335 e. The first-order valence-electron chi connectivity index (χ1n) is 7.34. The molecule has 0 aromatic heterocycles. The van der Waals surface area contributed by atoms with Crippen LogP contribution in [0.4, 0.5) is 0 Å². The second kappa shape index (κ2) is 5.21. The molecule has 1 saturated heterocycles.